The van der Waals surface area contributed by atoms with Gasteiger partial charge in [0.2, 0.25) is 5.91 Å². The standard InChI is InChI=1S/C10H12Cl2N4OS/c1-5-2-3-6(11)9(8(5)12)15-7(17)4-18-10(13)16-14/h2-3H,4,14H2,1H3,(H2,13,16)(H,15,17). The molecular formula is C10H12Cl2N4OS. The Morgan fingerprint density at radius 1 is 1.50 bits per heavy atom. The Morgan fingerprint density at radius 3 is 2.78 bits per heavy atom. The summed E-state index contributed by atoms with van der Waals surface area (Å²) in [5, 5.41) is 6.79. The van der Waals surface area contributed by atoms with E-state index in [1.807, 2.05) is 6.92 Å². The van der Waals surface area contributed by atoms with E-state index in [0.29, 0.717) is 15.7 Å². The first-order valence-corrected chi connectivity index (χ1v) is 6.60. The van der Waals surface area contributed by atoms with Gasteiger partial charge in [-0.25, -0.2) is 0 Å². The number of anilines is 1. The number of carbonyl (C=O) groups excluding carboxylic acids is 1. The van der Waals surface area contributed by atoms with Crippen molar-refractivity contribution in [1.29, 1.82) is 0 Å². The summed E-state index contributed by atoms with van der Waals surface area (Å²) in [5.74, 6) is 4.73. The van der Waals surface area contributed by atoms with E-state index < -0.39 is 0 Å². The van der Waals surface area contributed by atoms with Crippen molar-refractivity contribution in [3.63, 3.8) is 0 Å². The molecule has 1 amide bonds. The van der Waals surface area contributed by atoms with Crippen molar-refractivity contribution in [1.82, 2.24) is 0 Å². The van der Waals surface area contributed by atoms with Crippen LogP contribution in [-0.4, -0.2) is 16.8 Å². The van der Waals surface area contributed by atoms with Crippen molar-refractivity contribution < 1.29 is 4.79 Å². The second-order valence-corrected chi connectivity index (χ2v) is 5.14. The highest BCUT2D eigenvalue weighted by Crippen LogP contribution is 2.32. The van der Waals surface area contributed by atoms with Crippen LogP contribution in [0, 0.1) is 6.92 Å². The molecule has 1 rings (SSSR count). The lowest BCUT2D eigenvalue weighted by Crippen LogP contribution is -2.19. The number of hydrogen-bond donors (Lipinski definition) is 3. The van der Waals surface area contributed by atoms with E-state index in [4.69, 9.17) is 34.8 Å². The number of aryl methyl sites for hydroxylation is 1. The number of halogens is 2. The third-order valence-corrected chi connectivity index (χ3v) is 3.64. The van der Waals surface area contributed by atoms with Crippen molar-refractivity contribution >= 4 is 51.7 Å². The smallest absolute Gasteiger partial charge is 0.234 e. The molecule has 0 aliphatic heterocycles. The lowest BCUT2D eigenvalue weighted by Gasteiger charge is -2.10. The second kappa shape index (κ2) is 6.72. The predicted molar refractivity (Wildman–Crippen MR) is 78.1 cm³/mol. The van der Waals surface area contributed by atoms with Crippen LogP contribution in [0.2, 0.25) is 10.0 Å². The largest absolute Gasteiger partial charge is 0.377 e. The highest BCUT2D eigenvalue weighted by molar-refractivity contribution is 8.14. The quantitative estimate of drug-likeness (QED) is 0.345. The van der Waals surface area contributed by atoms with Crippen LogP contribution in [0.25, 0.3) is 0 Å². The SMILES string of the molecule is Cc1ccc(Cl)c(NC(=O)CSC(N)=NN)c1Cl. The van der Waals surface area contributed by atoms with Crippen LogP contribution in [0.3, 0.4) is 0 Å². The van der Waals surface area contributed by atoms with E-state index in [0.717, 1.165) is 17.3 Å². The van der Waals surface area contributed by atoms with Gasteiger partial charge in [-0.2, -0.15) is 5.10 Å². The molecular weight excluding hydrogens is 295 g/mol. The van der Waals surface area contributed by atoms with Crippen LogP contribution in [0.15, 0.2) is 17.2 Å². The van der Waals surface area contributed by atoms with Crippen LogP contribution in [-0.2, 0) is 4.79 Å². The van der Waals surface area contributed by atoms with E-state index >= 15 is 0 Å². The molecule has 0 fully saturated rings. The number of hydrazone groups is 1. The first-order chi connectivity index (χ1) is 8.45. The summed E-state index contributed by atoms with van der Waals surface area (Å²) in [6.45, 7) is 1.82. The molecule has 0 saturated carbocycles. The molecule has 8 heteroatoms. The predicted octanol–water partition coefficient (Wildman–Crippen LogP) is 2.16. The summed E-state index contributed by atoms with van der Waals surface area (Å²) >= 11 is 13.0. The van der Waals surface area contributed by atoms with E-state index in [-0.39, 0.29) is 16.8 Å². The minimum Gasteiger partial charge on any atom is -0.377 e. The zero-order valence-corrected chi connectivity index (χ0v) is 11.9. The van der Waals surface area contributed by atoms with Gasteiger partial charge in [0, 0.05) is 0 Å². The Bertz CT molecular complexity index is 493. The maximum absolute atomic E-state index is 11.6. The zero-order valence-electron chi connectivity index (χ0n) is 9.54. The Kier molecular flexibility index (Phi) is 5.58. The number of nitrogens with two attached hydrogens (primary N) is 2. The molecule has 0 aliphatic carbocycles. The van der Waals surface area contributed by atoms with Crippen molar-refractivity contribution in [3.8, 4) is 0 Å². The first-order valence-electron chi connectivity index (χ1n) is 4.86. The average molecular weight is 307 g/mol. The number of carbonyl (C=O) groups is 1. The molecule has 1 aromatic carbocycles. The van der Waals surface area contributed by atoms with Gasteiger partial charge in [-0.3, -0.25) is 4.79 Å². The molecule has 0 saturated heterocycles. The number of nitrogens with zero attached hydrogens (tertiary/aromatic N) is 1. The fraction of sp³-hybridized carbons (Fsp3) is 0.200. The number of amides is 1. The van der Waals surface area contributed by atoms with Gasteiger partial charge in [-0.05, 0) is 18.6 Å². The van der Waals surface area contributed by atoms with Gasteiger partial charge in [0.25, 0.3) is 0 Å². The highest BCUT2D eigenvalue weighted by Gasteiger charge is 2.12. The first kappa shape index (κ1) is 14.9. The van der Waals surface area contributed by atoms with Gasteiger partial charge >= 0.3 is 0 Å². The Labute approximate surface area is 119 Å². The maximum atomic E-state index is 11.6. The van der Waals surface area contributed by atoms with E-state index in [2.05, 4.69) is 10.4 Å². The van der Waals surface area contributed by atoms with Gasteiger partial charge in [0.15, 0.2) is 5.17 Å². The summed E-state index contributed by atoms with van der Waals surface area (Å²) in [7, 11) is 0. The molecule has 0 spiro atoms. The summed E-state index contributed by atoms with van der Waals surface area (Å²) in [6, 6.07) is 3.44. The number of rotatable bonds is 3. The lowest BCUT2D eigenvalue weighted by molar-refractivity contribution is -0.113. The fourth-order valence-electron chi connectivity index (χ4n) is 1.12. The monoisotopic (exact) mass is 306 g/mol. The van der Waals surface area contributed by atoms with Gasteiger partial charge in [-0.15, -0.1) is 0 Å². The second-order valence-electron chi connectivity index (χ2n) is 3.36. The third kappa shape index (κ3) is 3.97. The van der Waals surface area contributed by atoms with Gasteiger partial charge < -0.3 is 16.9 Å². The van der Waals surface area contributed by atoms with Crippen molar-refractivity contribution in [2.45, 2.75) is 6.92 Å². The molecule has 1 aromatic rings. The van der Waals surface area contributed by atoms with Crippen LogP contribution in [0.1, 0.15) is 5.56 Å². The number of hydrogen-bond acceptors (Lipinski definition) is 4. The average Bonchev–Trinajstić information content (AvgIpc) is 2.36. The summed E-state index contributed by atoms with van der Waals surface area (Å²) < 4.78 is 0. The lowest BCUT2D eigenvalue weighted by atomic mass is 10.2. The molecule has 5 N–H and O–H groups in total. The Balaban J connectivity index is 2.73. The maximum Gasteiger partial charge on any atom is 0.234 e. The summed E-state index contributed by atoms with van der Waals surface area (Å²) in [6.07, 6.45) is 0. The van der Waals surface area contributed by atoms with Crippen molar-refractivity contribution in [2.24, 2.45) is 16.7 Å². The summed E-state index contributed by atoms with van der Waals surface area (Å²) in [4.78, 5) is 11.6. The normalized spacial score (nSPS) is 11.4. The molecule has 98 valence electrons. The minimum atomic E-state index is -0.291. The van der Waals surface area contributed by atoms with E-state index in [1.54, 1.807) is 12.1 Å². The number of nitrogens with one attached hydrogen (secondary N) is 1. The number of benzene rings is 1. The molecule has 0 heterocycles. The molecule has 0 atom stereocenters. The summed E-state index contributed by atoms with van der Waals surface area (Å²) in [5.41, 5.74) is 6.58. The molecule has 0 aliphatic rings. The van der Waals surface area contributed by atoms with Crippen molar-refractivity contribution in [3.05, 3.63) is 27.7 Å². The topological polar surface area (TPSA) is 93.5 Å². The van der Waals surface area contributed by atoms with Gasteiger partial charge in [0.05, 0.1) is 21.5 Å². The van der Waals surface area contributed by atoms with Gasteiger partial charge in [0.1, 0.15) is 0 Å². The zero-order chi connectivity index (χ0) is 13.7. The molecule has 0 bridgehead atoms. The van der Waals surface area contributed by atoms with E-state index in [9.17, 15) is 4.79 Å². The minimum absolute atomic E-state index is 0.0765. The van der Waals surface area contributed by atoms with E-state index in [1.165, 1.54) is 0 Å². The molecule has 5 nitrogen and oxygen atoms in total. The molecule has 0 aromatic heterocycles. The van der Waals surface area contributed by atoms with Crippen molar-refractivity contribution in [2.75, 3.05) is 11.1 Å². The number of thioether (sulfide) groups is 1. The van der Waals surface area contributed by atoms with Gasteiger partial charge in [-0.1, -0.05) is 41.0 Å². The van der Waals surface area contributed by atoms with Crippen LogP contribution in [0.5, 0.6) is 0 Å². The third-order valence-electron chi connectivity index (χ3n) is 2.03. The molecule has 0 unspecified atom stereocenters. The highest BCUT2D eigenvalue weighted by atomic mass is 35.5. The molecule has 0 radical (unpaired) electrons. The number of amidine groups is 1. The van der Waals surface area contributed by atoms with Crippen LogP contribution < -0.4 is 16.9 Å². The fourth-order valence-corrected chi connectivity index (χ4v) is 2.01. The molecule has 18 heavy (non-hydrogen) atoms. The Hall–Kier alpha value is -1.11. The van der Waals surface area contributed by atoms with Crippen LogP contribution in [0.4, 0.5) is 5.69 Å². The Morgan fingerprint density at radius 2 is 2.17 bits per heavy atom. The van der Waals surface area contributed by atoms with Crippen LogP contribution >= 0.6 is 35.0 Å².